The highest BCUT2D eigenvalue weighted by atomic mass is 32.2. The fraction of sp³-hybridized carbons (Fsp3) is 0.571. The normalized spacial score (nSPS) is 18.4. The minimum absolute atomic E-state index is 0.233. The van der Waals surface area contributed by atoms with Gasteiger partial charge in [-0.2, -0.15) is 0 Å². The number of aryl methyl sites for hydroxylation is 1. The monoisotopic (exact) mass is 300 g/mol. The Hall–Kier alpha value is -0.980. The minimum Gasteiger partial charge on any atom is -0.329 e. The number of rotatable bonds is 5. The Morgan fingerprint density at radius 3 is 2.65 bits per heavy atom. The van der Waals surface area contributed by atoms with Crippen LogP contribution in [0, 0.1) is 18.7 Å². The van der Waals surface area contributed by atoms with Gasteiger partial charge in [0.2, 0.25) is 10.0 Å². The van der Waals surface area contributed by atoms with Crippen LogP contribution in [0.5, 0.6) is 0 Å². The highest BCUT2D eigenvalue weighted by Crippen LogP contribution is 2.28. The van der Waals surface area contributed by atoms with Crippen molar-refractivity contribution in [3.63, 3.8) is 0 Å². The van der Waals surface area contributed by atoms with Crippen molar-refractivity contribution in [2.45, 2.75) is 43.5 Å². The Morgan fingerprint density at radius 1 is 1.40 bits per heavy atom. The van der Waals surface area contributed by atoms with Crippen molar-refractivity contribution >= 4 is 10.0 Å². The second kappa shape index (κ2) is 6.20. The average Bonchev–Trinajstić information content (AvgIpc) is 2.92. The number of halogens is 1. The van der Waals surface area contributed by atoms with Crippen LogP contribution in [0.15, 0.2) is 23.1 Å². The zero-order valence-corrected chi connectivity index (χ0v) is 12.4. The Bertz CT molecular complexity index is 569. The van der Waals surface area contributed by atoms with Crippen LogP contribution in [0.2, 0.25) is 0 Å². The summed E-state index contributed by atoms with van der Waals surface area (Å²) in [5.41, 5.74) is 6.39. The third-order valence-corrected chi connectivity index (χ3v) is 5.41. The Kier molecular flexibility index (Phi) is 4.78. The van der Waals surface area contributed by atoms with E-state index < -0.39 is 15.8 Å². The van der Waals surface area contributed by atoms with Crippen molar-refractivity contribution in [2.24, 2.45) is 11.7 Å². The van der Waals surface area contributed by atoms with Crippen LogP contribution < -0.4 is 10.5 Å². The molecule has 1 atom stereocenters. The van der Waals surface area contributed by atoms with E-state index in [1.165, 1.54) is 12.1 Å². The molecule has 0 radical (unpaired) electrons. The molecule has 0 aliphatic heterocycles. The van der Waals surface area contributed by atoms with Gasteiger partial charge in [0.15, 0.2) is 0 Å². The van der Waals surface area contributed by atoms with Crippen LogP contribution in [0.3, 0.4) is 0 Å². The van der Waals surface area contributed by atoms with Gasteiger partial charge in [0.05, 0.1) is 0 Å². The SMILES string of the molecule is Cc1ccc(F)c(S(=O)(=O)NC(CN)C2CCCC2)c1. The lowest BCUT2D eigenvalue weighted by atomic mass is 9.99. The maximum atomic E-state index is 13.7. The quantitative estimate of drug-likeness (QED) is 0.873. The van der Waals surface area contributed by atoms with Crippen LogP contribution in [0.25, 0.3) is 0 Å². The summed E-state index contributed by atoms with van der Waals surface area (Å²) in [6, 6.07) is 3.75. The Balaban J connectivity index is 2.23. The molecule has 0 amide bonds. The van der Waals surface area contributed by atoms with Crippen LogP contribution in [-0.4, -0.2) is 21.0 Å². The summed E-state index contributed by atoms with van der Waals surface area (Å²) in [5, 5.41) is 0. The van der Waals surface area contributed by atoms with E-state index >= 15 is 0 Å². The van der Waals surface area contributed by atoms with Gasteiger partial charge in [0.25, 0.3) is 0 Å². The first-order valence-electron chi connectivity index (χ1n) is 6.92. The molecule has 1 fully saturated rings. The molecule has 0 aromatic heterocycles. The van der Waals surface area contributed by atoms with Gasteiger partial charge in [0.1, 0.15) is 10.7 Å². The molecular formula is C14H21FN2O2S. The summed E-state index contributed by atoms with van der Waals surface area (Å²) < 4.78 is 41.0. The molecule has 0 heterocycles. The minimum atomic E-state index is -3.87. The van der Waals surface area contributed by atoms with E-state index in [0.29, 0.717) is 5.56 Å². The molecule has 1 aromatic rings. The molecule has 0 spiro atoms. The molecule has 1 aromatic carbocycles. The van der Waals surface area contributed by atoms with Crippen molar-refractivity contribution < 1.29 is 12.8 Å². The summed E-state index contributed by atoms with van der Waals surface area (Å²) in [5.74, 6) is -0.479. The standard InChI is InChI=1S/C14H21FN2O2S/c1-10-6-7-12(15)14(8-10)20(18,19)17-13(9-16)11-4-2-3-5-11/h6-8,11,13,17H,2-5,9,16H2,1H3. The fourth-order valence-electron chi connectivity index (χ4n) is 2.78. The van der Waals surface area contributed by atoms with E-state index in [4.69, 9.17) is 5.73 Å². The van der Waals surface area contributed by atoms with E-state index in [-0.39, 0.29) is 23.4 Å². The number of hydrogen-bond donors (Lipinski definition) is 2. The second-order valence-electron chi connectivity index (χ2n) is 5.44. The van der Waals surface area contributed by atoms with Gasteiger partial charge < -0.3 is 5.73 Å². The van der Waals surface area contributed by atoms with Gasteiger partial charge in [-0.05, 0) is 43.4 Å². The Labute approximate surface area is 119 Å². The first-order valence-corrected chi connectivity index (χ1v) is 8.41. The van der Waals surface area contributed by atoms with Gasteiger partial charge >= 0.3 is 0 Å². The highest BCUT2D eigenvalue weighted by Gasteiger charge is 2.29. The molecule has 1 aliphatic rings. The number of nitrogens with two attached hydrogens (primary N) is 1. The molecule has 6 heteroatoms. The van der Waals surface area contributed by atoms with E-state index in [1.807, 2.05) is 0 Å². The topological polar surface area (TPSA) is 72.2 Å². The molecule has 4 nitrogen and oxygen atoms in total. The van der Waals surface area contributed by atoms with Gasteiger partial charge in [-0.3, -0.25) is 0 Å². The van der Waals surface area contributed by atoms with E-state index in [2.05, 4.69) is 4.72 Å². The zero-order valence-electron chi connectivity index (χ0n) is 11.6. The van der Waals surface area contributed by atoms with Crippen molar-refractivity contribution in [3.8, 4) is 0 Å². The van der Waals surface area contributed by atoms with E-state index in [0.717, 1.165) is 25.7 Å². The highest BCUT2D eigenvalue weighted by molar-refractivity contribution is 7.89. The molecule has 0 saturated heterocycles. The molecule has 1 aliphatic carbocycles. The smallest absolute Gasteiger partial charge is 0.243 e. The number of sulfonamides is 1. The average molecular weight is 300 g/mol. The van der Waals surface area contributed by atoms with Gasteiger partial charge in [-0.15, -0.1) is 0 Å². The lowest BCUT2D eigenvalue weighted by Gasteiger charge is -2.23. The molecule has 3 N–H and O–H groups in total. The summed E-state index contributed by atoms with van der Waals surface area (Å²) in [6.07, 6.45) is 4.14. The molecule has 1 unspecified atom stereocenters. The van der Waals surface area contributed by atoms with Gasteiger partial charge in [-0.25, -0.2) is 17.5 Å². The molecule has 1 saturated carbocycles. The third-order valence-electron chi connectivity index (χ3n) is 3.91. The predicted octanol–water partition coefficient (Wildman–Crippen LogP) is 1.93. The second-order valence-corrected chi connectivity index (χ2v) is 7.12. The van der Waals surface area contributed by atoms with Crippen LogP contribution >= 0.6 is 0 Å². The summed E-state index contributed by atoms with van der Waals surface area (Å²) in [4.78, 5) is -0.297. The lowest BCUT2D eigenvalue weighted by molar-refractivity contribution is 0.404. The van der Waals surface area contributed by atoms with Crippen molar-refractivity contribution in [1.82, 2.24) is 4.72 Å². The van der Waals surface area contributed by atoms with Crippen molar-refractivity contribution in [3.05, 3.63) is 29.6 Å². The molecule has 2 rings (SSSR count). The lowest BCUT2D eigenvalue weighted by Crippen LogP contribution is -2.44. The molecular weight excluding hydrogens is 279 g/mol. The first kappa shape index (κ1) is 15.4. The van der Waals surface area contributed by atoms with E-state index in [9.17, 15) is 12.8 Å². The van der Waals surface area contributed by atoms with Crippen LogP contribution in [0.1, 0.15) is 31.2 Å². The van der Waals surface area contributed by atoms with Crippen molar-refractivity contribution in [1.29, 1.82) is 0 Å². The Morgan fingerprint density at radius 2 is 2.05 bits per heavy atom. The summed E-state index contributed by atoms with van der Waals surface area (Å²) in [7, 11) is -3.87. The fourth-order valence-corrected chi connectivity index (χ4v) is 4.26. The van der Waals surface area contributed by atoms with Crippen molar-refractivity contribution in [2.75, 3.05) is 6.54 Å². The summed E-state index contributed by atoms with van der Waals surface area (Å²) >= 11 is 0. The van der Waals surface area contributed by atoms with Gasteiger partial charge in [-0.1, -0.05) is 18.9 Å². The zero-order chi connectivity index (χ0) is 14.8. The molecule has 0 bridgehead atoms. The number of nitrogens with one attached hydrogen (secondary N) is 1. The largest absolute Gasteiger partial charge is 0.329 e. The van der Waals surface area contributed by atoms with Crippen LogP contribution in [-0.2, 0) is 10.0 Å². The summed E-state index contributed by atoms with van der Waals surface area (Å²) in [6.45, 7) is 1.97. The van der Waals surface area contributed by atoms with Crippen LogP contribution in [0.4, 0.5) is 4.39 Å². The first-order chi connectivity index (χ1) is 9.44. The van der Waals surface area contributed by atoms with E-state index in [1.54, 1.807) is 13.0 Å². The van der Waals surface area contributed by atoms with Gasteiger partial charge in [0, 0.05) is 12.6 Å². The molecule has 112 valence electrons. The maximum absolute atomic E-state index is 13.7. The number of benzene rings is 1. The third kappa shape index (κ3) is 3.37. The number of hydrogen-bond acceptors (Lipinski definition) is 3. The predicted molar refractivity (Wildman–Crippen MR) is 76.3 cm³/mol. The molecule has 20 heavy (non-hydrogen) atoms. The maximum Gasteiger partial charge on any atom is 0.243 e.